The molecule has 0 aliphatic rings. The molecule has 3 aromatic rings. The molecule has 11 heteroatoms. The molecule has 0 saturated carbocycles. The first kappa shape index (κ1) is 35.6. The van der Waals surface area contributed by atoms with Gasteiger partial charge in [-0.15, -0.1) is 0 Å². The lowest BCUT2D eigenvalue weighted by atomic mass is 9.98. The Morgan fingerprint density at radius 3 is 1.89 bits per heavy atom. The Bertz CT molecular complexity index is 1420. The highest BCUT2D eigenvalue weighted by Crippen LogP contribution is 2.19. The number of amides is 4. The van der Waals surface area contributed by atoms with Crippen LogP contribution in [0.15, 0.2) is 91.0 Å². The molecule has 0 bridgehead atoms. The number of hydrogen-bond donors (Lipinski definition) is 5. The third-order valence-corrected chi connectivity index (χ3v) is 7.35. The first-order chi connectivity index (χ1) is 21.8. The second kappa shape index (κ2) is 17.0. The summed E-state index contributed by atoms with van der Waals surface area (Å²) in [5.41, 5.74) is 1.71. The van der Waals surface area contributed by atoms with E-state index in [0.29, 0.717) is 5.56 Å². The number of aliphatic hydroxyl groups excluding tert-OH is 1. The summed E-state index contributed by atoms with van der Waals surface area (Å²) in [6, 6.07) is 24.4. The zero-order valence-electron chi connectivity index (χ0n) is 26.7. The van der Waals surface area contributed by atoms with Crippen molar-refractivity contribution < 1.29 is 34.1 Å². The normalized spacial score (nSPS) is 13.8. The van der Waals surface area contributed by atoms with Crippen LogP contribution in [0.3, 0.4) is 0 Å². The molecule has 0 spiro atoms. The van der Waals surface area contributed by atoms with Gasteiger partial charge in [-0.1, -0.05) is 91.0 Å². The van der Waals surface area contributed by atoms with Gasteiger partial charge in [-0.2, -0.15) is 0 Å². The van der Waals surface area contributed by atoms with Crippen molar-refractivity contribution in [3.8, 4) is 0 Å². The number of carbonyl (C=O) groups is 4. The van der Waals surface area contributed by atoms with E-state index in [1.54, 1.807) is 24.3 Å². The topological polar surface area (TPSA) is 157 Å². The lowest BCUT2D eigenvalue weighted by Crippen LogP contribution is -2.59. The summed E-state index contributed by atoms with van der Waals surface area (Å²) in [6.07, 6.45) is -2.77. The van der Waals surface area contributed by atoms with Gasteiger partial charge in [-0.25, -0.2) is 9.59 Å². The second-order valence-corrected chi connectivity index (χ2v) is 12.1. The fourth-order valence-electron chi connectivity index (χ4n) is 4.79. The van der Waals surface area contributed by atoms with E-state index in [9.17, 15) is 29.4 Å². The highest BCUT2D eigenvalue weighted by Gasteiger charge is 2.34. The van der Waals surface area contributed by atoms with Crippen LogP contribution in [0.2, 0.25) is 0 Å². The highest BCUT2D eigenvalue weighted by atomic mass is 16.5. The van der Waals surface area contributed by atoms with Crippen LogP contribution in [0, 0.1) is 0 Å². The predicted molar refractivity (Wildman–Crippen MR) is 174 cm³/mol. The van der Waals surface area contributed by atoms with Crippen molar-refractivity contribution in [2.24, 2.45) is 0 Å². The van der Waals surface area contributed by atoms with Gasteiger partial charge in [0.2, 0.25) is 5.91 Å². The number of alkyl carbamates (subject to hydrolysis) is 1. The van der Waals surface area contributed by atoms with Crippen molar-refractivity contribution in [3.05, 3.63) is 108 Å². The van der Waals surface area contributed by atoms with Crippen LogP contribution in [0.1, 0.15) is 56.8 Å². The molecular weight excluding hydrogens is 588 g/mol. The largest absolute Gasteiger partial charge is 0.481 e. The van der Waals surface area contributed by atoms with Crippen molar-refractivity contribution >= 4 is 24.0 Å². The van der Waals surface area contributed by atoms with E-state index in [1.807, 2.05) is 94.4 Å². The van der Waals surface area contributed by atoms with Crippen LogP contribution in [0.4, 0.5) is 9.59 Å². The first-order valence-electron chi connectivity index (χ1n) is 15.2. The molecule has 3 aromatic carbocycles. The van der Waals surface area contributed by atoms with Gasteiger partial charge in [0, 0.05) is 5.54 Å². The average Bonchev–Trinajstić information content (AvgIpc) is 3.02. The predicted octanol–water partition coefficient (Wildman–Crippen LogP) is 4.42. The van der Waals surface area contributed by atoms with E-state index in [0.717, 1.165) is 11.1 Å². The summed E-state index contributed by atoms with van der Waals surface area (Å²) >= 11 is 0. The third-order valence-electron chi connectivity index (χ3n) is 7.35. The van der Waals surface area contributed by atoms with Crippen LogP contribution >= 0.6 is 0 Å². The fourth-order valence-corrected chi connectivity index (χ4v) is 4.79. The number of β-amino-alcohol motifs (C(OH)–C–C–N with tert-alkyl or cyclic N) is 1. The van der Waals surface area contributed by atoms with E-state index < -0.39 is 54.1 Å². The van der Waals surface area contributed by atoms with Crippen molar-refractivity contribution in [1.82, 2.24) is 20.9 Å². The number of nitrogens with zero attached hydrogens (tertiary/aromatic N) is 1. The molecule has 3 rings (SSSR count). The van der Waals surface area contributed by atoms with Gasteiger partial charge in [-0.3, -0.25) is 9.59 Å². The summed E-state index contributed by atoms with van der Waals surface area (Å²) in [6.45, 7) is 7.16. The van der Waals surface area contributed by atoms with Crippen LogP contribution in [0.5, 0.6) is 0 Å². The number of carboxylic acids is 1. The molecule has 0 unspecified atom stereocenters. The molecule has 0 aromatic heterocycles. The van der Waals surface area contributed by atoms with Crippen LogP contribution < -0.4 is 16.0 Å². The quantitative estimate of drug-likeness (QED) is 0.176. The van der Waals surface area contributed by atoms with Crippen molar-refractivity contribution in [2.45, 2.75) is 76.9 Å². The number of rotatable bonds is 14. The number of benzene rings is 3. The lowest BCUT2D eigenvalue weighted by Gasteiger charge is -2.39. The number of ether oxygens (including phenoxy) is 1. The number of aliphatic hydroxyl groups is 1. The maximum Gasteiger partial charge on any atom is 0.408 e. The molecule has 0 heterocycles. The molecule has 0 aliphatic heterocycles. The minimum Gasteiger partial charge on any atom is -0.481 e. The smallest absolute Gasteiger partial charge is 0.408 e. The molecule has 4 atom stereocenters. The van der Waals surface area contributed by atoms with E-state index >= 15 is 0 Å². The van der Waals surface area contributed by atoms with Crippen molar-refractivity contribution in [1.29, 1.82) is 0 Å². The number of nitrogens with one attached hydrogen (secondary N) is 3. The monoisotopic (exact) mass is 632 g/mol. The molecular formula is C35H44N4O7. The van der Waals surface area contributed by atoms with Crippen LogP contribution in [-0.4, -0.2) is 69.4 Å². The Kier molecular flexibility index (Phi) is 13.1. The van der Waals surface area contributed by atoms with Gasteiger partial charge in [0.25, 0.3) is 0 Å². The number of hydrogen-bond acceptors (Lipinski definition) is 6. The Morgan fingerprint density at radius 2 is 1.35 bits per heavy atom. The van der Waals surface area contributed by atoms with Crippen molar-refractivity contribution in [3.63, 3.8) is 0 Å². The number of urea groups is 1. The summed E-state index contributed by atoms with van der Waals surface area (Å²) in [7, 11) is 0. The van der Waals surface area contributed by atoms with Gasteiger partial charge in [0.05, 0.1) is 31.2 Å². The van der Waals surface area contributed by atoms with E-state index in [2.05, 4.69) is 16.0 Å². The van der Waals surface area contributed by atoms with E-state index in [4.69, 9.17) is 4.74 Å². The summed E-state index contributed by atoms with van der Waals surface area (Å²) < 4.78 is 5.19. The highest BCUT2D eigenvalue weighted by molar-refractivity contribution is 5.89. The molecule has 11 nitrogen and oxygen atoms in total. The summed E-state index contributed by atoms with van der Waals surface area (Å²) in [5, 5.41) is 29.1. The first-order valence-corrected chi connectivity index (χ1v) is 15.2. The Hall–Kier alpha value is -4.90. The molecule has 4 amide bonds. The minimum atomic E-state index is -1.49. The van der Waals surface area contributed by atoms with Crippen LogP contribution in [0.25, 0.3) is 0 Å². The maximum atomic E-state index is 13.5. The van der Waals surface area contributed by atoms with Gasteiger partial charge >= 0.3 is 18.1 Å². The zero-order valence-corrected chi connectivity index (χ0v) is 26.7. The van der Waals surface area contributed by atoms with Gasteiger partial charge < -0.3 is 35.8 Å². The van der Waals surface area contributed by atoms with Gasteiger partial charge in [0.15, 0.2) is 0 Å². The Labute approximate surface area is 270 Å². The molecule has 0 aliphatic carbocycles. The molecule has 5 N–H and O–H groups in total. The SMILES string of the molecule is C[C@@H](NC(=O)N(C[C@@H](O)[C@H](Cc1ccccc1)NC(=O)[C@H](CC(=O)O)NC(=O)OCc1ccccc1)C(C)(C)C)c1ccccc1. The number of carboxylic acid groups (broad SMARTS) is 1. The molecule has 46 heavy (non-hydrogen) atoms. The van der Waals surface area contributed by atoms with Gasteiger partial charge in [-0.05, 0) is 50.8 Å². The number of aliphatic carboxylic acids is 1. The van der Waals surface area contributed by atoms with E-state index in [1.165, 1.54) is 4.90 Å². The van der Waals surface area contributed by atoms with Gasteiger partial charge in [0.1, 0.15) is 12.6 Å². The molecule has 0 radical (unpaired) electrons. The summed E-state index contributed by atoms with van der Waals surface area (Å²) in [5.74, 6) is -2.13. The standard InChI is InChI=1S/C35H44N4O7/c1-24(27-18-12-7-13-19-27)36-33(44)39(35(2,3)4)22-30(40)28(20-25-14-8-5-9-15-25)37-32(43)29(21-31(41)42)38-34(45)46-23-26-16-10-6-11-17-26/h5-19,24,28-30,40H,20-23H2,1-4H3,(H,36,44)(H,37,43)(H,38,45)(H,41,42)/t24-,28+,29+,30-/m1/s1. The Morgan fingerprint density at radius 1 is 0.804 bits per heavy atom. The second-order valence-electron chi connectivity index (χ2n) is 12.1. The Balaban J connectivity index is 1.77. The van der Waals surface area contributed by atoms with Crippen LogP contribution in [-0.2, 0) is 27.4 Å². The van der Waals surface area contributed by atoms with Crippen molar-refractivity contribution in [2.75, 3.05) is 6.54 Å². The molecule has 0 saturated heterocycles. The minimum absolute atomic E-state index is 0.0724. The molecule has 0 fully saturated rings. The average molecular weight is 633 g/mol. The third kappa shape index (κ3) is 11.6. The molecule has 246 valence electrons. The fraction of sp³-hybridized carbons (Fsp3) is 0.371. The number of carbonyl (C=O) groups excluding carboxylic acids is 3. The van der Waals surface area contributed by atoms with E-state index in [-0.39, 0.29) is 25.6 Å². The zero-order chi connectivity index (χ0) is 33.7. The maximum absolute atomic E-state index is 13.5. The summed E-state index contributed by atoms with van der Waals surface area (Å²) in [4.78, 5) is 52.6. The lowest BCUT2D eigenvalue weighted by molar-refractivity contribution is -0.140.